The lowest BCUT2D eigenvalue weighted by molar-refractivity contribution is -0.114. The summed E-state index contributed by atoms with van der Waals surface area (Å²) in [7, 11) is 0. The summed E-state index contributed by atoms with van der Waals surface area (Å²) in [4.78, 5) is 24.4. The van der Waals surface area contributed by atoms with Gasteiger partial charge in [0.1, 0.15) is 0 Å². The minimum atomic E-state index is -0.158. The van der Waals surface area contributed by atoms with Crippen molar-refractivity contribution in [1.82, 2.24) is 0 Å². The van der Waals surface area contributed by atoms with Crippen molar-refractivity contribution >= 4 is 23.7 Å². The lowest BCUT2D eigenvalue weighted by Crippen LogP contribution is -2.10. The molecule has 0 saturated carbocycles. The van der Waals surface area contributed by atoms with Crippen LogP contribution in [0.3, 0.4) is 0 Å². The van der Waals surface area contributed by atoms with Gasteiger partial charge in [0.25, 0.3) is 0 Å². The monoisotopic (exact) mass is 312 g/mol. The van der Waals surface area contributed by atoms with Crippen LogP contribution in [-0.4, -0.2) is 11.6 Å². The van der Waals surface area contributed by atoms with Crippen molar-refractivity contribution < 1.29 is 9.59 Å². The maximum Gasteiger partial charge on any atom is 0.186 e. The molecule has 0 amide bonds. The van der Waals surface area contributed by atoms with E-state index < -0.39 is 0 Å². The largest absolute Gasteiger partial charge is 0.289 e. The molecule has 0 N–H and O–H groups in total. The summed E-state index contributed by atoms with van der Waals surface area (Å²) in [6, 6.07) is 19.3. The third-order valence-corrected chi connectivity index (χ3v) is 3.65. The lowest BCUT2D eigenvalue weighted by Gasteiger charge is -2.06. The first-order chi connectivity index (χ1) is 11.7. The number of hydrogen-bond donors (Lipinski definition) is 0. The second kappa shape index (κ2) is 7.34. The van der Waals surface area contributed by atoms with Crippen LogP contribution in [0, 0.1) is 0 Å². The average molecular weight is 312 g/mol. The fraction of sp³-hybridized carbons (Fsp3) is 0. The van der Waals surface area contributed by atoms with Crippen molar-refractivity contribution in [3.63, 3.8) is 0 Å². The molecule has 24 heavy (non-hydrogen) atoms. The predicted octanol–water partition coefficient (Wildman–Crippen LogP) is 4.42. The highest BCUT2D eigenvalue weighted by atomic mass is 16.1. The summed E-state index contributed by atoms with van der Waals surface area (Å²) in [5, 5.41) is 0. The standard InChI is InChI=1S/C22H16O2/c23-21-16-20(14-12-18-9-5-2-6-10-18)22(24)15-19(21)13-11-17-7-3-1-4-8-17/h1-16H/b13-11+,14-12+. The Balaban J connectivity index is 1.75. The van der Waals surface area contributed by atoms with Crippen molar-refractivity contribution in [1.29, 1.82) is 0 Å². The zero-order chi connectivity index (χ0) is 16.8. The maximum absolute atomic E-state index is 12.2. The summed E-state index contributed by atoms with van der Waals surface area (Å²) < 4.78 is 0. The number of rotatable bonds is 4. The zero-order valence-corrected chi connectivity index (χ0v) is 13.1. The van der Waals surface area contributed by atoms with Gasteiger partial charge < -0.3 is 0 Å². The predicted molar refractivity (Wildman–Crippen MR) is 97.1 cm³/mol. The molecule has 0 saturated heterocycles. The molecule has 0 radical (unpaired) electrons. The molecule has 0 aliphatic heterocycles. The van der Waals surface area contributed by atoms with Gasteiger partial charge in [0.2, 0.25) is 0 Å². The van der Waals surface area contributed by atoms with E-state index in [1.54, 1.807) is 12.2 Å². The van der Waals surface area contributed by atoms with Gasteiger partial charge in [-0.2, -0.15) is 0 Å². The smallest absolute Gasteiger partial charge is 0.186 e. The molecule has 0 spiro atoms. The molecule has 0 bridgehead atoms. The average Bonchev–Trinajstić information content (AvgIpc) is 2.62. The Morgan fingerprint density at radius 3 is 1.25 bits per heavy atom. The molecule has 0 atom stereocenters. The molecule has 1 aliphatic rings. The van der Waals surface area contributed by atoms with Crippen LogP contribution in [0.15, 0.2) is 96.1 Å². The van der Waals surface area contributed by atoms with Crippen LogP contribution in [-0.2, 0) is 9.59 Å². The number of carbonyl (C=O) groups is 2. The van der Waals surface area contributed by atoms with Crippen molar-refractivity contribution in [3.05, 3.63) is 107 Å². The third kappa shape index (κ3) is 3.93. The molecule has 0 unspecified atom stereocenters. The van der Waals surface area contributed by atoms with Crippen LogP contribution >= 0.6 is 0 Å². The van der Waals surface area contributed by atoms with E-state index in [-0.39, 0.29) is 11.6 Å². The number of benzene rings is 2. The van der Waals surface area contributed by atoms with Gasteiger partial charge in [-0.25, -0.2) is 0 Å². The highest BCUT2D eigenvalue weighted by molar-refractivity contribution is 6.22. The molecule has 0 heterocycles. The minimum Gasteiger partial charge on any atom is -0.289 e. The Hall–Kier alpha value is -3.26. The second-order valence-electron chi connectivity index (χ2n) is 5.42. The van der Waals surface area contributed by atoms with Gasteiger partial charge in [-0.05, 0) is 23.3 Å². The van der Waals surface area contributed by atoms with Gasteiger partial charge >= 0.3 is 0 Å². The first-order valence-electron chi connectivity index (χ1n) is 7.71. The molecule has 2 aromatic rings. The van der Waals surface area contributed by atoms with Gasteiger partial charge in [-0.1, -0.05) is 85.0 Å². The number of carbonyl (C=O) groups excluding carboxylic acids is 2. The van der Waals surface area contributed by atoms with Crippen LogP contribution in [0.4, 0.5) is 0 Å². The van der Waals surface area contributed by atoms with E-state index in [4.69, 9.17) is 0 Å². The zero-order valence-electron chi connectivity index (χ0n) is 13.1. The minimum absolute atomic E-state index is 0.158. The lowest BCUT2D eigenvalue weighted by atomic mass is 9.95. The molecule has 2 nitrogen and oxygen atoms in total. The van der Waals surface area contributed by atoms with E-state index in [1.165, 1.54) is 12.2 Å². The summed E-state index contributed by atoms with van der Waals surface area (Å²) in [6.45, 7) is 0. The molecular weight excluding hydrogens is 296 g/mol. The molecule has 2 heteroatoms. The van der Waals surface area contributed by atoms with Crippen molar-refractivity contribution in [2.24, 2.45) is 0 Å². The van der Waals surface area contributed by atoms with Crippen LogP contribution in [0.1, 0.15) is 11.1 Å². The van der Waals surface area contributed by atoms with Crippen LogP contribution < -0.4 is 0 Å². The van der Waals surface area contributed by atoms with E-state index in [1.807, 2.05) is 72.8 Å². The molecule has 2 aromatic carbocycles. The highest BCUT2D eigenvalue weighted by Crippen LogP contribution is 2.16. The van der Waals surface area contributed by atoms with Crippen molar-refractivity contribution in [2.75, 3.05) is 0 Å². The van der Waals surface area contributed by atoms with E-state index in [0.29, 0.717) is 11.1 Å². The molecule has 1 aliphatic carbocycles. The molecule has 3 rings (SSSR count). The third-order valence-electron chi connectivity index (χ3n) is 3.65. The summed E-state index contributed by atoms with van der Waals surface area (Å²) in [5.41, 5.74) is 2.77. The van der Waals surface area contributed by atoms with E-state index in [9.17, 15) is 9.59 Å². The number of ketones is 2. The number of allylic oxidation sites excluding steroid dienone is 6. The fourth-order valence-corrected chi connectivity index (χ4v) is 2.35. The maximum atomic E-state index is 12.2. The van der Waals surface area contributed by atoms with Crippen LogP contribution in [0.2, 0.25) is 0 Å². The topological polar surface area (TPSA) is 34.1 Å². The van der Waals surface area contributed by atoms with Gasteiger partial charge in [0.15, 0.2) is 11.6 Å². The van der Waals surface area contributed by atoms with E-state index in [2.05, 4.69) is 0 Å². The van der Waals surface area contributed by atoms with Gasteiger partial charge in [-0.3, -0.25) is 9.59 Å². The fourth-order valence-electron chi connectivity index (χ4n) is 2.35. The Kier molecular flexibility index (Phi) is 4.78. The number of hydrogen-bond acceptors (Lipinski definition) is 2. The first kappa shape index (κ1) is 15.6. The van der Waals surface area contributed by atoms with Gasteiger partial charge in [-0.15, -0.1) is 0 Å². The Bertz CT molecular complexity index is 791. The Morgan fingerprint density at radius 1 is 0.500 bits per heavy atom. The molecule has 0 fully saturated rings. The van der Waals surface area contributed by atoms with E-state index in [0.717, 1.165) is 11.1 Å². The SMILES string of the molecule is O=C1C=C(/C=C/c2ccccc2)C(=O)C=C1/C=C/c1ccccc1. The normalized spacial score (nSPS) is 15.0. The van der Waals surface area contributed by atoms with Gasteiger partial charge in [0.05, 0.1) is 0 Å². The first-order valence-corrected chi connectivity index (χ1v) is 7.71. The van der Waals surface area contributed by atoms with E-state index >= 15 is 0 Å². The van der Waals surface area contributed by atoms with Crippen molar-refractivity contribution in [3.8, 4) is 0 Å². The molecule has 0 aromatic heterocycles. The summed E-state index contributed by atoms with van der Waals surface area (Å²) in [5.74, 6) is -0.316. The Labute approximate surface area is 141 Å². The highest BCUT2D eigenvalue weighted by Gasteiger charge is 2.16. The molecule has 116 valence electrons. The van der Waals surface area contributed by atoms with Gasteiger partial charge in [0, 0.05) is 11.1 Å². The second-order valence-corrected chi connectivity index (χ2v) is 5.42. The van der Waals surface area contributed by atoms with Crippen LogP contribution in [0.25, 0.3) is 12.2 Å². The summed E-state index contributed by atoms with van der Waals surface area (Å²) in [6.07, 6.45) is 9.82. The quantitative estimate of drug-likeness (QED) is 0.783. The Morgan fingerprint density at radius 2 is 0.875 bits per heavy atom. The van der Waals surface area contributed by atoms with Crippen molar-refractivity contribution in [2.45, 2.75) is 0 Å². The van der Waals surface area contributed by atoms with Crippen LogP contribution in [0.5, 0.6) is 0 Å². The summed E-state index contributed by atoms with van der Waals surface area (Å²) >= 11 is 0. The molecular formula is C22H16O2.